The largest absolute Gasteiger partial charge is 0.388 e. The van der Waals surface area contributed by atoms with Crippen LogP contribution in [0.4, 0.5) is 10.1 Å². The van der Waals surface area contributed by atoms with Crippen LogP contribution in [0.2, 0.25) is 0 Å². The fourth-order valence-corrected chi connectivity index (χ4v) is 3.23. The maximum absolute atomic E-state index is 13.0. The number of carbonyl (C=O) groups is 1. The average molecular weight is 329 g/mol. The topological polar surface area (TPSA) is 79.5 Å². The summed E-state index contributed by atoms with van der Waals surface area (Å²) in [6.45, 7) is 0.850. The van der Waals surface area contributed by atoms with Crippen LogP contribution in [-0.4, -0.2) is 28.6 Å². The second-order valence-electron chi connectivity index (χ2n) is 6.06. The molecule has 0 aliphatic carbocycles. The standard InChI is InChI=1S/C18H20FN3O2/c19-13-5-3-12(4-6-13)17(23)11-14-2-1-9-22(14)15-7-8-21-16(10-15)18(20)24/h3-8,10,14,17,23H,1-2,9,11H2,(H2,20,24)/t14-,17+/m1/s1. The van der Waals surface area contributed by atoms with Crippen LogP contribution >= 0.6 is 0 Å². The minimum absolute atomic E-state index is 0.146. The molecule has 0 spiro atoms. The first-order valence-corrected chi connectivity index (χ1v) is 8.00. The summed E-state index contributed by atoms with van der Waals surface area (Å²) < 4.78 is 13.0. The van der Waals surface area contributed by atoms with Crippen molar-refractivity contribution in [1.82, 2.24) is 4.98 Å². The highest BCUT2D eigenvalue weighted by atomic mass is 19.1. The minimum Gasteiger partial charge on any atom is -0.388 e. The van der Waals surface area contributed by atoms with Gasteiger partial charge in [-0.15, -0.1) is 0 Å². The molecule has 0 bridgehead atoms. The number of rotatable bonds is 5. The zero-order valence-electron chi connectivity index (χ0n) is 13.2. The van der Waals surface area contributed by atoms with Crippen molar-refractivity contribution in [1.29, 1.82) is 0 Å². The van der Waals surface area contributed by atoms with Crippen molar-refractivity contribution in [2.75, 3.05) is 11.4 Å². The highest BCUT2D eigenvalue weighted by Gasteiger charge is 2.28. The lowest BCUT2D eigenvalue weighted by Gasteiger charge is -2.28. The van der Waals surface area contributed by atoms with E-state index in [0.29, 0.717) is 12.0 Å². The highest BCUT2D eigenvalue weighted by Crippen LogP contribution is 2.31. The van der Waals surface area contributed by atoms with Crippen molar-refractivity contribution in [3.05, 3.63) is 59.7 Å². The highest BCUT2D eigenvalue weighted by molar-refractivity contribution is 5.91. The molecule has 2 aromatic rings. The molecule has 0 saturated carbocycles. The van der Waals surface area contributed by atoms with Gasteiger partial charge in [0.05, 0.1) is 6.10 Å². The number of nitrogens with zero attached hydrogens (tertiary/aromatic N) is 2. The van der Waals surface area contributed by atoms with Gasteiger partial charge >= 0.3 is 0 Å². The molecule has 5 nitrogen and oxygen atoms in total. The van der Waals surface area contributed by atoms with Gasteiger partial charge in [-0.2, -0.15) is 0 Å². The monoisotopic (exact) mass is 329 g/mol. The lowest BCUT2D eigenvalue weighted by atomic mass is 10.00. The molecule has 0 radical (unpaired) electrons. The van der Waals surface area contributed by atoms with Gasteiger partial charge in [0.2, 0.25) is 0 Å². The number of carbonyl (C=O) groups excluding carboxylic acids is 1. The van der Waals surface area contributed by atoms with E-state index >= 15 is 0 Å². The van der Waals surface area contributed by atoms with E-state index < -0.39 is 12.0 Å². The van der Waals surface area contributed by atoms with Crippen molar-refractivity contribution in [3.8, 4) is 0 Å². The smallest absolute Gasteiger partial charge is 0.267 e. The molecule has 2 atom stereocenters. The number of primary amides is 1. The Morgan fingerprint density at radius 2 is 2.12 bits per heavy atom. The Hall–Kier alpha value is -2.47. The maximum atomic E-state index is 13.0. The van der Waals surface area contributed by atoms with Crippen LogP contribution in [0.25, 0.3) is 0 Å². The lowest BCUT2D eigenvalue weighted by Crippen LogP contribution is -2.31. The molecule has 1 aliphatic heterocycles. The molecule has 3 rings (SSSR count). The van der Waals surface area contributed by atoms with E-state index in [-0.39, 0.29) is 17.6 Å². The van der Waals surface area contributed by atoms with E-state index in [4.69, 9.17) is 5.73 Å². The SMILES string of the molecule is NC(=O)c1cc(N2CCC[C@@H]2C[C@H](O)c2ccc(F)cc2)ccn1. The van der Waals surface area contributed by atoms with Crippen LogP contribution in [0.3, 0.4) is 0 Å². The van der Waals surface area contributed by atoms with Gasteiger partial charge in [0.25, 0.3) is 5.91 Å². The Morgan fingerprint density at radius 3 is 2.83 bits per heavy atom. The summed E-state index contributed by atoms with van der Waals surface area (Å²) in [6.07, 6.45) is 3.41. The number of aliphatic hydroxyl groups is 1. The van der Waals surface area contributed by atoms with Crippen LogP contribution in [-0.2, 0) is 0 Å². The molecule has 2 heterocycles. The molecular formula is C18H20FN3O2. The molecule has 0 unspecified atom stereocenters. The summed E-state index contributed by atoms with van der Waals surface area (Å²) in [4.78, 5) is 17.4. The lowest BCUT2D eigenvalue weighted by molar-refractivity contribution is 0.0995. The quantitative estimate of drug-likeness (QED) is 0.883. The summed E-state index contributed by atoms with van der Waals surface area (Å²) >= 11 is 0. The zero-order valence-corrected chi connectivity index (χ0v) is 13.2. The number of halogens is 1. The molecule has 1 saturated heterocycles. The van der Waals surface area contributed by atoms with E-state index in [1.54, 1.807) is 24.4 Å². The fraction of sp³-hybridized carbons (Fsp3) is 0.333. The Kier molecular flexibility index (Phi) is 4.76. The Labute approximate surface area is 139 Å². The van der Waals surface area contributed by atoms with Crippen molar-refractivity contribution < 1.29 is 14.3 Å². The summed E-state index contributed by atoms with van der Waals surface area (Å²) in [7, 11) is 0. The zero-order chi connectivity index (χ0) is 17.1. The van der Waals surface area contributed by atoms with Gasteiger partial charge in [-0.05, 0) is 49.1 Å². The van der Waals surface area contributed by atoms with Crippen LogP contribution in [0.1, 0.15) is 41.4 Å². The van der Waals surface area contributed by atoms with Crippen LogP contribution in [0.5, 0.6) is 0 Å². The minimum atomic E-state index is -0.659. The third kappa shape index (κ3) is 3.54. The maximum Gasteiger partial charge on any atom is 0.267 e. The van der Waals surface area contributed by atoms with Crippen LogP contribution in [0, 0.1) is 5.82 Å². The summed E-state index contributed by atoms with van der Waals surface area (Å²) in [6, 6.07) is 9.60. The molecule has 3 N–H and O–H groups in total. The number of nitrogens with two attached hydrogens (primary N) is 1. The molecule has 1 amide bonds. The third-order valence-corrected chi connectivity index (χ3v) is 4.45. The molecule has 126 valence electrons. The second kappa shape index (κ2) is 6.97. The van der Waals surface area contributed by atoms with E-state index in [9.17, 15) is 14.3 Å². The molecular weight excluding hydrogens is 309 g/mol. The number of hydrogen-bond acceptors (Lipinski definition) is 4. The molecule has 24 heavy (non-hydrogen) atoms. The number of aromatic nitrogens is 1. The predicted molar refractivity (Wildman–Crippen MR) is 89.1 cm³/mol. The van der Waals surface area contributed by atoms with Crippen molar-refractivity contribution >= 4 is 11.6 Å². The number of benzene rings is 1. The van der Waals surface area contributed by atoms with Gasteiger partial charge in [-0.25, -0.2) is 4.39 Å². The normalized spacial score (nSPS) is 18.6. The van der Waals surface area contributed by atoms with Gasteiger partial charge in [-0.3, -0.25) is 9.78 Å². The van der Waals surface area contributed by atoms with E-state index in [2.05, 4.69) is 9.88 Å². The Bertz CT molecular complexity index is 720. The summed E-state index contributed by atoms with van der Waals surface area (Å²) in [5.41, 5.74) is 7.11. The van der Waals surface area contributed by atoms with Crippen LogP contribution in [0.15, 0.2) is 42.6 Å². The number of anilines is 1. The number of aliphatic hydroxyl groups excluding tert-OH is 1. The molecule has 1 aliphatic rings. The number of pyridine rings is 1. The Morgan fingerprint density at radius 1 is 1.38 bits per heavy atom. The van der Waals surface area contributed by atoms with Crippen molar-refractivity contribution in [2.45, 2.75) is 31.4 Å². The first-order chi connectivity index (χ1) is 11.5. The number of amides is 1. The van der Waals surface area contributed by atoms with Gasteiger partial charge in [0, 0.05) is 24.5 Å². The summed E-state index contributed by atoms with van der Waals surface area (Å²) in [5.74, 6) is -0.872. The third-order valence-electron chi connectivity index (χ3n) is 4.45. The predicted octanol–water partition coefficient (Wildman–Crippen LogP) is 2.41. The van der Waals surface area contributed by atoms with Gasteiger partial charge in [0.1, 0.15) is 11.5 Å². The average Bonchev–Trinajstić information content (AvgIpc) is 3.03. The van der Waals surface area contributed by atoms with Gasteiger partial charge < -0.3 is 15.7 Å². The molecule has 1 aromatic heterocycles. The first kappa shape index (κ1) is 16.4. The molecule has 6 heteroatoms. The van der Waals surface area contributed by atoms with Gasteiger partial charge in [-0.1, -0.05) is 12.1 Å². The Balaban J connectivity index is 1.74. The van der Waals surface area contributed by atoms with Gasteiger partial charge in [0.15, 0.2) is 0 Å². The fourth-order valence-electron chi connectivity index (χ4n) is 3.23. The van der Waals surface area contributed by atoms with Crippen molar-refractivity contribution in [3.63, 3.8) is 0 Å². The molecule has 1 fully saturated rings. The van der Waals surface area contributed by atoms with E-state index in [1.807, 2.05) is 6.07 Å². The molecule has 1 aromatic carbocycles. The number of hydrogen-bond donors (Lipinski definition) is 2. The second-order valence-corrected chi connectivity index (χ2v) is 6.06. The summed E-state index contributed by atoms with van der Waals surface area (Å²) in [5, 5.41) is 10.4. The van der Waals surface area contributed by atoms with Crippen LogP contribution < -0.4 is 10.6 Å². The van der Waals surface area contributed by atoms with E-state index in [0.717, 1.165) is 25.1 Å². The first-order valence-electron chi connectivity index (χ1n) is 8.00. The van der Waals surface area contributed by atoms with Crippen molar-refractivity contribution in [2.24, 2.45) is 5.73 Å². The van der Waals surface area contributed by atoms with E-state index in [1.165, 1.54) is 12.1 Å².